The lowest BCUT2D eigenvalue weighted by Crippen LogP contribution is -2.18. The van der Waals surface area contributed by atoms with Gasteiger partial charge < -0.3 is 14.6 Å². The lowest BCUT2D eigenvalue weighted by atomic mass is 9.97. The number of rotatable bonds is 3. The van der Waals surface area contributed by atoms with Crippen LogP contribution in [0.4, 0.5) is 4.39 Å². The molecule has 18 heavy (non-hydrogen) atoms. The first kappa shape index (κ1) is 11.8. The van der Waals surface area contributed by atoms with Gasteiger partial charge in [0, 0.05) is 6.42 Å². The summed E-state index contributed by atoms with van der Waals surface area (Å²) >= 11 is 0. The first-order valence-corrected chi connectivity index (χ1v) is 6.36. The van der Waals surface area contributed by atoms with Crippen LogP contribution in [-0.4, -0.2) is 23.9 Å². The van der Waals surface area contributed by atoms with E-state index >= 15 is 0 Å². The van der Waals surface area contributed by atoms with Gasteiger partial charge in [-0.25, -0.2) is 4.39 Å². The topological polar surface area (TPSA) is 38.7 Å². The summed E-state index contributed by atoms with van der Waals surface area (Å²) in [6.45, 7) is 2.52. The fraction of sp³-hybridized carbons (Fsp3) is 0.571. The van der Waals surface area contributed by atoms with Crippen molar-refractivity contribution < 1.29 is 19.0 Å². The summed E-state index contributed by atoms with van der Waals surface area (Å²) in [5.41, 5.74) is 0.793. The zero-order valence-electron chi connectivity index (χ0n) is 10.4. The maximum Gasteiger partial charge on any atom is 0.161 e. The van der Waals surface area contributed by atoms with Crippen LogP contribution >= 0.6 is 0 Å². The molecule has 1 aromatic rings. The molecule has 1 saturated carbocycles. The molecule has 1 N–H and O–H groups in total. The summed E-state index contributed by atoms with van der Waals surface area (Å²) in [4.78, 5) is 0. The second kappa shape index (κ2) is 4.12. The average molecular weight is 252 g/mol. The van der Waals surface area contributed by atoms with Crippen molar-refractivity contribution in [2.45, 2.75) is 38.0 Å². The number of hydrogen-bond acceptors (Lipinski definition) is 3. The number of alkyl halides is 1. The van der Waals surface area contributed by atoms with Crippen molar-refractivity contribution in [1.82, 2.24) is 0 Å². The molecule has 1 fully saturated rings. The van der Waals surface area contributed by atoms with Crippen LogP contribution in [0, 0.1) is 0 Å². The monoisotopic (exact) mass is 252 g/mol. The second-order valence-electron chi connectivity index (χ2n) is 5.21. The lowest BCUT2D eigenvalue weighted by molar-refractivity contribution is 0.149. The van der Waals surface area contributed by atoms with Crippen LogP contribution in [0.2, 0.25) is 0 Å². The fourth-order valence-corrected chi connectivity index (χ4v) is 2.35. The Morgan fingerprint density at radius 2 is 1.89 bits per heavy atom. The minimum absolute atomic E-state index is 0.493. The van der Waals surface area contributed by atoms with Crippen molar-refractivity contribution in [3.63, 3.8) is 0 Å². The molecule has 0 bridgehead atoms. The number of hydrogen-bond donors (Lipinski definition) is 1. The molecule has 1 atom stereocenters. The van der Waals surface area contributed by atoms with Crippen LogP contribution in [-0.2, 0) is 6.42 Å². The second-order valence-corrected chi connectivity index (χ2v) is 5.21. The van der Waals surface area contributed by atoms with E-state index in [4.69, 9.17) is 9.47 Å². The van der Waals surface area contributed by atoms with Crippen molar-refractivity contribution in [2.24, 2.45) is 0 Å². The third-order valence-corrected chi connectivity index (χ3v) is 3.58. The normalized spacial score (nSPS) is 21.5. The number of fused-ring (bicyclic) bond motifs is 1. The van der Waals surface area contributed by atoms with Gasteiger partial charge >= 0.3 is 0 Å². The van der Waals surface area contributed by atoms with Gasteiger partial charge in [-0.1, -0.05) is 0 Å². The maximum absolute atomic E-state index is 13.7. The van der Waals surface area contributed by atoms with Crippen LogP contribution in [0.5, 0.6) is 11.5 Å². The highest BCUT2D eigenvalue weighted by molar-refractivity contribution is 5.49. The summed E-state index contributed by atoms with van der Waals surface area (Å²) in [7, 11) is 0. The van der Waals surface area contributed by atoms with E-state index < -0.39 is 11.8 Å². The summed E-state index contributed by atoms with van der Waals surface area (Å²) in [6.07, 6.45) is 1.01. The molecule has 1 aliphatic carbocycles. The molecule has 0 aromatic heterocycles. The summed E-state index contributed by atoms with van der Waals surface area (Å²) < 4.78 is 24.6. The molecular formula is C14H17FO3. The average Bonchev–Trinajstić information content (AvgIpc) is 3.05. The Morgan fingerprint density at radius 3 is 2.44 bits per heavy atom. The molecular weight excluding hydrogens is 235 g/mol. The van der Waals surface area contributed by atoms with E-state index in [0.29, 0.717) is 36.7 Å². The Hall–Kier alpha value is -1.29. The molecule has 98 valence electrons. The highest BCUT2D eigenvalue weighted by atomic mass is 19.1. The lowest BCUT2D eigenvalue weighted by Gasteiger charge is -2.22. The highest BCUT2D eigenvalue weighted by Gasteiger charge is 2.41. The van der Waals surface area contributed by atoms with Gasteiger partial charge in [-0.15, -0.1) is 0 Å². The zero-order chi connectivity index (χ0) is 12.8. The standard InChI is InChI=1S/C14H17FO3/c1-9(15)11-7-13-12(17-4-5-18-13)6-10(11)8-14(16)2-3-14/h6-7,9,16H,2-5,8H2,1H3. The van der Waals surface area contributed by atoms with Crippen LogP contribution in [0.15, 0.2) is 12.1 Å². The smallest absolute Gasteiger partial charge is 0.161 e. The van der Waals surface area contributed by atoms with Gasteiger partial charge in [0.15, 0.2) is 11.5 Å². The molecule has 0 saturated heterocycles. The molecule has 0 amide bonds. The van der Waals surface area contributed by atoms with Crippen molar-refractivity contribution in [1.29, 1.82) is 0 Å². The molecule has 1 unspecified atom stereocenters. The molecule has 3 rings (SSSR count). The van der Waals surface area contributed by atoms with Gasteiger partial charge in [-0.2, -0.15) is 0 Å². The Bertz CT molecular complexity index is 466. The first-order valence-electron chi connectivity index (χ1n) is 6.36. The summed E-state index contributed by atoms with van der Waals surface area (Å²) in [5, 5.41) is 10.00. The van der Waals surface area contributed by atoms with Gasteiger partial charge in [-0.05, 0) is 43.0 Å². The van der Waals surface area contributed by atoms with Crippen LogP contribution < -0.4 is 9.47 Å². The van der Waals surface area contributed by atoms with E-state index in [-0.39, 0.29) is 0 Å². The minimum atomic E-state index is -1.07. The summed E-state index contributed by atoms with van der Waals surface area (Å²) in [5.74, 6) is 1.26. The number of ether oxygens (including phenoxy) is 2. The molecule has 2 aliphatic rings. The molecule has 1 aromatic carbocycles. The van der Waals surface area contributed by atoms with Crippen LogP contribution in [0.1, 0.15) is 37.1 Å². The van der Waals surface area contributed by atoms with Crippen molar-refractivity contribution >= 4 is 0 Å². The van der Waals surface area contributed by atoms with Gasteiger partial charge in [0.05, 0.1) is 5.60 Å². The Balaban J connectivity index is 1.98. The quantitative estimate of drug-likeness (QED) is 0.898. The SMILES string of the molecule is CC(F)c1cc2c(cc1CC1(O)CC1)OCCO2. The fourth-order valence-electron chi connectivity index (χ4n) is 2.35. The number of benzene rings is 1. The van der Waals surface area contributed by atoms with Gasteiger partial charge in [0.25, 0.3) is 0 Å². The molecule has 1 aliphatic heterocycles. The molecule has 4 heteroatoms. The third kappa shape index (κ3) is 2.17. The van der Waals surface area contributed by atoms with Crippen molar-refractivity contribution in [2.75, 3.05) is 13.2 Å². The van der Waals surface area contributed by atoms with E-state index in [1.165, 1.54) is 6.92 Å². The minimum Gasteiger partial charge on any atom is -0.486 e. The van der Waals surface area contributed by atoms with Crippen LogP contribution in [0.3, 0.4) is 0 Å². The molecule has 0 radical (unpaired) electrons. The largest absolute Gasteiger partial charge is 0.486 e. The van der Waals surface area contributed by atoms with Gasteiger partial charge in [0.1, 0.15) is 19.4 Å². The zero-order valence-corrected chi connectivity index (χ0v) is 10.4. The predicted octanol–water partition coefficient (Wildman–Crippen LogP) is 2.56. The van der Waals surface area contributed by atoms with E-state index in [9.17, 15) is 9.50 Å². The Labute approximate surface area is 106 Å². The Kier molecular flexibility index (Phi) is 2.70. The van der Waals surface area contributed by atoms with Crippen LogP contribution in [0.25, 0.3) is 0 Å². The van der Waals surface area contributed by atoms with Crippen molar-refractivity contribution in [3.05, 3.63) is 23.3 Å². The number of aliphatic hydroxyl groups is 1. The molecule has 3 nitrogen and oxygen atoms in total. The third-order valence-electron chi connectivity index (χ3n) is 3.58. The van der Waals surface area contributed by atoms with E-state index in [1.54, 1.807) is 6.07 Å². The van der Waals surface area contributed by atoms with E-state index in [1.807, 2.05) is 6.07 Å². The first-order chi connectivity index (χ1) is 8.57. The van der Waals surface area contributed by atoms with E-state index in [2.05, 4.69) is 0 Å². The Morgan fingerprint density at radius 1 is 1.28 bits per heavy atom. The number of halogens is 1. The highest BCUT2D eigenvalue weighted by Crippen LogP contribution is 2.43. The molecule has 0 spiro atoms. The predicted molar refractivity (Wildman–Crippen MR) is 64.8 cm³/mol. The van der Waals surface area contributed by atoms with Gasteiger partial charge in [-0.3, -0.25) is 0 Å². The van der Waals surface area contributed by atoms with Crippen molar-refractivity contribution in [3.8, 4) is 11.5 Å². The van der Waals surface area contributed by atoms with E-state index in [0.717, 1.165) is 18.4 Å². The van der Waals surface area contributed by atoms with Gasteiger partial charge in [0.2, 0.25) is 0 Å². The molecule has 1 heterocycles. The maximum atomic E-state index is 13.7. The summed E-state index contributed by atoms with van der Waals surface area (Å²) in [6, 6.07) is 3.52.